The van der Waals surface area contributed by atoms with E-state index in [-0.39, 0.29) is 4.90 Å². The van der Waals surface area contributed by atoms with E-state index in [2.05, 4.69) is 39.9 Å². The van der Waals surface area contributed by atoms with Crippen molar-refractivity contribution in [2.75, 3.05) is 19.3 Å². The molecule has 1 unspecified atom stereocenters. The topological polar surface area (TPSA) is 57.6 Å². The van der Waals surface area contributed by atoms with E-state index in [1.54, 1.807) is 31.2 Å². The van der Waals surface area contributed by atoms with Crippen LogP contribution in [-0.2, 0) is 28.4 Å². The molecule has 0 amide bonds. The quantitative estimate of drug-likeness (QED) is 0.795. The molecule has 1 N–H and O–H groups in total. The Morgan fingerprint density at radius 1 is 1.23 bits per heavy atom. The average molecular weight is 438 g/mol. The molecule has 1 aliphatic rings. The maximum atomic E-state index is 11.6. The zero-order valence-corrected chi connectivity index (χ0v) is 17.7. The number of rotatable bonds is 4. The second kappa shape index (κ2) is 7.08. The summed E-state index contributed by atoms with van der Waals surface area (Å²) in [5.41, 5.74) is 3.64. The summed E-state index contributed by atoms with van der Waals surface area (Å²) in [6.07, 6.45) is 2.14. The first-order valence-electron chi connectivity index (χ1n) is 8.59. The molecule has 0 bridgehead atoms. The zero-order chi connectivity index (χ0) is 19.1. The van der Waals surface area contributed by atoms with Crippen LogP contribution in [0.4, 0.5) is 0 Å². The van der Waals surface area contributed by atoms with Gasteiger partial charge in [-0.3, -0.25) is 4.90 Å². The molecule has 3 rings (SSSR count). The maximum absolute atomic E-state index is 11.6. The van der Waals surface area contributed by atoms with Gasteiger partial charge in [-0.1, -0.05) is 28.1 Å². The minimum atomic E-state index is -3.23. The largest absolute Gasteiger partial charge is 0.384 e. The number of halogens is 1. The second-order valence-corrected chi connectivity index (χ2v) is 10.3. The molecule has 0 fully saturated rings. The van der Waals surface area contributed by atoms with Crippen LogP contribution in [0.3, 0.4) is 0 Å². The fraction of sp³-hybridized carbons (Fsp3) is 0.400. The molecule has 4 nitrogen and oxygen atoms in total. The third-order valence-corrected chi connectivity index (χ3v) is 6.63. The van der Waals surface area contributed by atoms with E-state index in [0.717, 1.165) is 29.5 Å². The van der Waals surface area contributed by atoms with Gasteiger partial charge >= 0.3 is 0 Å². The Morgan fingerprint density at radius 3 is 2.50 bits per heavy atom. The summed E-state index contributed by atoms with van der Waals surface area (Å²) in [4.78, 5) is 2.53. The predicted molar refractivity (Wildman–Crippen MR) is 107 cm³/mol. The van der Waals surface area contributed by atoms with Gasteiger partial charge in [-0.2, -0.15) is 0 Å². The number of β-amino-alcohol motifs (C(OH)–C–C–N with tert-alkyl or cyclic N) is 1. The summed E-state index contributed by atoms with van der Waals surface area (Å²) in [6, 6.07) is 10.8. The molecule has 6 heteroatoms. The first-order chi connectivity index (χ1) is 12.1. The van der Waals surface area contributed by atoms with Gasteiger partial charge in [-0.05, 0) is 66.8 Å². The molecular formula is C20H24BrNO3S. The fourth-order valence-electron chi connectivity index (χ4n) is 3.60. The number of sulfone groups is 1. The van der Waals surface area contributed by atoms with Gasteiger partial charge in [0.2, 0.25) is 0 Å². The van der Waals surface area contributed by atoms with Crippen molar-refractivity contribution in [1.29, 1.82) is 0 Å². The average Bonchev–Trinajstić information content (AvgIpc) is 2.54. The second-order valence-electron chi connectivity index (χ2n) is 7.39. The van der Waals surface area contributed by atoms with Gasteiger partial charge in [0.25, 0.3) is 0 Å². The fourth-order valence-corrected chi connectivity index (χ4v) is 4.85. The molecule has 0 saturated carbocycles. The third-order valence-electron chi connectivity index (χ3n) is 5.05. The van der Waals surface area contributed by atoms with Gasteiger partial charge in [-0.25, -0.2) is 8.42 Å². The van der Waals surface area contributed by atoms with Crippen molar-refractivity contribution in [1.82, 2.24) is 4.90 Å². The molecule has 0 spiro atoms. The molecule has 0 aromatic heterocycles. The number of hydrogen-bond donors (Lipinski definition) is 1. The minimum Gasteiger partial charge on any atom is -0.384 e. The zero-order valence-electron chi connectivity index (χ0n) is 15.3. The monoisotopic (exact) mass is 437 g/mol. The van der Waals surface area contributed by atoms with E-state index < -0.39 is 15.4 Å². The number of fused-ring (bicyclic) bond motifs is 1. The molecular weight excluding hydrogens is 414 g/mol. The molecule has 2 aromatic rings. The summed E-state index contributed by atoms with van der Waals surface area (Å²) < 4.78 is 24.3. The van der Waals surface area contributed by atoms with Crippen molar-refractivity contribution in [3.8, 4) is 0 Å². The Kier molecular flexibility index (Phi) is 5.32. The molecule has 0 aliphatic carbocycles. The van der Waals surface area contributed by atoms with Crippen LogP contribution < -0.4 is 0 Å². The Labute approximate surface area is 163 Å². The van der Waals surface area contributed by atoms with Gasteiger partial charge in [-0.15, -0.1) is 0 Å². The lowest BCUT2D eigenvalue weighted by Crippen LogP contribution is -2.41. The number of aliphatic hydroxyl groups is 1. The molecule has 0 saturated heterocycles. The molecule has 1 heterocycles. The smallest absolute Gasteiger partial charge is 0.175 e. The number of benzene rings is 2. The maximum Gasteiger partial charge on any atom is 0.175 e. The van der Waals surface area contributed by atoms with Gasteiger partial charge in [0.05, 0.1) is 10.5 Å². The summed E-state index contributed by atoms with van der Waals surface area (Å²) in [6.45, 7) is 6.11. The third kappa shape index (κ3) is 4.19. The Hall–Kier alpha value is -1.21. The summed E-state index contributed by atoms with van der Waals surface area (Å²) in [7, 11) is -3.23. The van der Waals surface area contributed by atoms with Crippen LogP contribution in [-0.4, -0.2) is 37.8 Å². The SMILES string of the molecule is Cc1cc(Br)cc2c1CN(CC(C)(O)c1ccc(S(C)(=O)=O)cc1)CC2. The van der Waals surface area contributed by atoms with Gasteiger partial charge < -0.3 is 5.11 Å². The summed E-state index contributed by atoms with van der Waals surface area (Å²) in [5.74, 6) is 0. The lowest BCUT2D eigenvalue weighted by molar-refractivity contribution is 0.0116. The van der Waals surface area contributed by atoms with E-state index in [0.29, 0.717) is 6.54 Å². The van der Waals surface area contributed by atoms with Crippen molar-refractivity contribution in [3.63, 3.8) is 0 Å². The highest BCUT2D eigenvalue weighted by molar-refractivity contribution is 9.10. The van der Waals surface area contributed by atoms with E-state index in [1.165, 1.54) is 22.9 Å². The molecule has 1 aliphatic heterocycles. The van der Waals surface area contributed by atoms with Crippen LogP contribution in [0.15, 0.2) is 45.8 Å². The van der Waals surface area contributed by atoms with Crippen molar-refractivity contribution < 1.29 is 13.5 Å². The van der Waals surface area contributed by atoms with Gasteiger partial charge in [0.1, 0.15) is 0 Å². The Morgan fingerprint density at radius 2 is 1.88 bits per heavy atom. The minimum absolute atomic E-state index is 0.269. The summed E-state index contributed by atoms with van der Waals surface area (Å²) >= 11 is 3.56. The van der Waals surface area contributed by atoms with Crippen LogP contribution in [0.5, 0.6) is 0 Å². The van der Waals surface area contributed by atoms with Gasteiger partial charge in [0.15, 0.2) is 9.84 Å². The van der Waals surface area contributed by atoms with Gasteiger partial charge in [0, 0.05) is 30.4 Å². The molecule has 0 radical (unpaired) electrons. The Bertz CT molecular complexity index is 921. The summed E-state index contributed by atoms with van der Waals surface area (Å²) in [5, 5.41) is 11.0. The van der Waals surface area contributed by atoms with Crippen LogP contribution in [0.25, 0.3) is 0 Å². The lowest BCUT2D eigenvalue weighted by atomic mass is 9.92. The Balaban J connectivity index is 1.77. The lowest BCUT2D eigenvalue weighted by Gasteiger charge is -2.36. The van der Waals surface area contributed by atoms with Crippen molar-refractivity contribution in [2.24, 2.45) is 0 Å². The number of hydrogen-bond acceptors (Lipinski definition) is 4. The van der Waals surface area contributed by atoms with Crippen LogP contribution in [0.2, 0.25) is 0 Å². The van der Waals surface area contributed by atoms with E-state index in [4.69, 9.17) is 0 Å². The van der Waals surface area contributed by atoms with E-state index in [1.807, 2.05) is 0 Å². The normalized spacial score (nSPS) is 17.6. The first kappa shape index (κ1) is 19.5. The highest BCUT2D eigenvalue weighted by Gasteiger charge is 2.29. The van der Waals surface area contributed by atoms with Crippen LogP contribution >= 0.6 is 15.9 Å². The molecule has 2 aromatic carbocycles. The van der Waals surface area contributed by atoms with E-state index in [9.17, 15) is 13.5 Å². The van der Waals surface area contributed by atoms with Crippen molar-refractivity contribution in [3.05, 3.63) is 63.1 Å². The highest BCUT2D eigenvalue weighted by Crippen LogP contribution is 2.29. The molecule has 1 atom stereocenters. The molecule has 26 heavy (non-hydrogen) atoms. The predicted octanol–water partition coefficient (Wildman–Crippen LogP) is 3.43. The first-order valence-corrected chi connectivity index (χ1v) is 11.3. The van der Waals surface area contributed by atoms with Crippen LogP contribution in [0, 0.1) is 6.92 Å². The van der Waals surface area contributed by atoms with E-state index >= 15 is 0 Å². The van der Waals surface area contributed by atoms with Crippen LogP contribution in [0.1, 0.15) is 29.2 Å². The van der Waals surface area contributed by atoms with Crippen molar-refractivity contribution in [2.45, 2.75) is 37.3 Å². The highest BCUT2D eigenvalue weighted by atomic mass is 79.9. The van der Waals surface area contributed by atoms with Crippen molar-refractivity contribution >= 4 is 25.8 Å². The number of nitrogens with zero attached hydrogens (tertiary/aromatic N) is 1. The standard InChI is InChI=1S/C20H24BrNO3S/c1-14-10-17(21)11-15-8-9-22(12-19(14)15)13-20(2,23)16-4-6-18(7-5-16)26(3,24)25/h4-7,10-11,23H,8-9,12-13H2,1-3H3. The molecule has 140 valence electrons. The number of aryl methyl sites for hydroxylation is 1.